The smallest absolute Gasteiger partial charge is 0.243 e. The predicted octanol–water partition coefficient (Wildman–Crippen LogP) is 3.11. The standard InChI is InChI=1S/C21H23NO5S/c1-14-4-7-20(15(2)10-14)28(24,25)22-9-8-21(13-22)12-18(23)17-11-16(26-3)5-6-19(17)27-21/h4-7,10-11H,8-9,12-13H2,1-3H3. The molecule has 1 unspecified atom stereocenters. The second-order valence-electron chi connectivity index (χ2n) is 7.60. The van der Waals surface area contributed by atoms with Crippen LogP contribution in [-0.2, 0) is 10.0 Å². The van der Waals surface area contributed by atoms with E-state index in [1.807, 2.05) is 13.0 Å². The Morgan fingerprint density at radius 1 is 1.14 bits per heavy atom. The van der Waals surface area contributed by atoms with Crippen molar-refractivity contribution < 1.29 is 22.7 Å². The van der Waals surface area contributed by atoms with Crippen molar-refractivity contribution in [1.29, 1.82) is 0 Å². The maximum atomic E-state index is 13.2. The molecule has 0 amide bonds. The summed E-state index contributed by atoms with van der Waals surface area (Å²) < 4.78 is 39.1. The van der Waals surface area contributed by atoms with Gasteiger partial charge in [-0.3, -0.25) is 4.79 Å². The first-order chi connectivity index (χ1) is 13.2. The second kappa shape index (κ2) is 6.60. The SMILES string of the molecule is COc1ccc2c(c1)C(=O)CC1(CCN(S(=O)(=O)c3ccc(C)cc3C)C1)O2. The Balaban J connectivity index is 1.62. The fraction of sp³-hybridized carbons (Fsp3) is 0.381. The number of nitrogens with zero attached hydrogens (tertiary/aromatic N) is 1. The zero-order valence-electron chi connectivity index (χ0n) is 16.2. The minimum atomic E-state index is -3.64. The van der Waals surface area contributed by atoms with Crippen molar-refractivity contribution in [1.82, 2.24) is 4.31 Å². The zero-order chi connectivity index (χ0) is 20.1. The Kier molecular flexibility index (Phi) is 4.47. The average Bonchev–Trinajstić information content (AvgIpc) is 3.05. The van der Waals surface area contributed by atoms with E-state index in [1.54, 1.807) is 44.4 Å². The lowest BCUT2D eigenvalue weighted by atomic mass is 9.89. The molecule has 2 aromatic rings. The molecule has 0 radical (unpaired) electrons. The number of carbonyl (C=O) groups is 1. The normalized spacial score (nSPS) is 22.2. The predicted molar refractivity (Wildman–Crippen MR) is 105 cm³/mol. The number of rotatable bonds is 3. The molecule has 6 nitrogen and oxygen atoms in total. The third-order valence-corrected chi connectivity index (χ3v) is 7.53. The van der Waals surface area contributed by atoms with E-state index in [1.165, 1.54) is 4.31 Å². The van der Waals surface area contributed by atoms with Crippen molar-refractivity contribution in [3.8, 4) is 11.5 Å². The minimum Gasteiger partial charge on any atom is -0.497 e. The Labute approximate surface area is 165 Å². The summed E-state index contributed by atoms with van der Waals surface area (Å²) in [6, 6.07) is 10.4. The maximum absolute atomic E-state index is 13.2. The number of sulfonamides is 1. The number of methoxy groups -OCH3 is 1. The van der Waals surface area contributed by atoms with Crippen LogP contribution in [0.3, 0.4) is 0 Å². The average molecular weight is 401 g/mol. The number of hydrogen-bond acceptors (Lipinski definition) is 5. The van der Waals surface area contributed by atoms with Crippen LogP contribution >= 0.6 is 0 Å². The van der Waals surface area contributed by atoms with Gasteiger partial charge in [-0.15, -0.1) is 0 Å². The summed E-state index contributed by atoms with van der Waals surface area (Å²) in [7, 11) is -2.10. The van der Waals surface area contributed by atoms with E-state index < -0.39 is 15.6 Å². The van der Waals surface area contributed by atoms with Gasteiger partial charge in [-0.2, -0.15) is 4.31 Å². The van der Waals surface area contributed by atoms with Crippen LogP contribution in [0.25, 0.3) is 0 Å². The van der Waals surface area contributed by atoms with E-state index in [4.69, 9.17) is 9.47 Å². The number of benzene rings is 2. The summed E-state index contributed by atoms with van der Waals surface area (Å²) in [5.74, 6) is 1.03. The molecule has 4 rings (SSSR count). The first-order valence-corrected chi connectivity index (χ1v) is 10.7. The summed E-state index contributed by atoms with van der Waals surface area (Å²) in [5.41, 5.74) is 1.41. The summed E-state index contributed by atoms with van der Waals surface area (Å²) >= 11 is 0. The minimum absolute atomic E-state index is 0.0501. The van der Waals surface area contributed by atoms with Gasteiger partial charge in [0.15, 0.2) is 5.78 Å². The number of Topliss-reactive ketones (excluding diaryl/α,β-unsaturated/α-hetero) is 1. The van der Waals surface area contributed by atoms with Crippen LogP contribution in [0.15, 0.2) is 41.3 Å². The third kappa shape index (κ3) is 3.08. The highest BCUT2D eigenvalue weighted by Crippen LogP contribution is 2.41. The van der Waals surface area contributed by atoms with Gasteiger partial charge >= 0.3 is 0 Å². The molecule has 0 N–H and O–H groups in total. The van der Waals surface area contributed by atoms with E-state index in [-0.39, 0.29) is 18.7 Å². The molecule has 148 valence electrons. The lowest BCUT2D eigenvalue weighted by molar-refractivity contribution is 0.0497. The Morgan fingerprint density at radius 2 is 1.93 bits per heavy atom. The molecule has 1 spiro atoms. The molecule has 1 saturated heterocycles. The van der Waals surface area contributed by atoms with E-state index in [0.29, 0.717) is 34.9 Å². The van der Waals surface area contributed by atoms with Crippen molar-refractivity contribution in [2.75, 3.05) is 20.2 Å². The molecule has 2 aromatic carbocycles. The summed E-state index contributed by atoms with van der Waals surface area (Å²) in [5, 5.41) is 0. The van der Waals surface area contributed by atoms with Crippen LogP contribution < -0.4 is 9.47 Å². The number of aryl methyl sites for hydroxylation is 2. The van der Waals surface area contributed by atoms with E-state index in [2.05, 4.69) is 0 Å². The first kappa shape index (κ1) is 19.0. The van der Waals surface area contributed by atoms with Gasteiger partial charge in [0, 0.05) is 13.0 Å². The Morgan fingerprint density at radius 3 is 2.64 bits per heavy atom. The quantitative estimate of drug-likeness (QED) is 0.790. The molecule has 0 aliphatic carbocycles. The largest absolute Gasteiger partial charge is 0.497 e. The van der Waals surface area contributed by atoms with Crippen LogP contribution in [0.5, 0.6) is 11.5 Å². The van der Waals surface area contributed by atoms with Crippen LogP contribution in [0.4, 0.5) is 0 Å². The molecule has 7 heteroatoms. The van der Waals surface area contributed by atoms with Crippen molar-refractivity contribution in [2.45, 2.75) is 37.2 Å². The topological polar surface area (TPSA) is 72.9 Å². The maximum Gasteiger partial charge on any atom is 0.243 e. The molecule has 2 aliphatic rings. The van der Waals surface area contributed by atoms with E-state index >= 15 is 0 Å². The molecule has 0 aromatic heterocycles. The molecule has 1 atom stereocenters. The second-order valence-corrected chi connectivity index (χ2v) is 9.51. The summed E-state index contributed by atoms with van der Waals surface area (Å²) in [6.45, 7) is 4.23. The van der Waals surface area contributed by atoms with Gasteiger partial charge < -0.3 is 9.47 Å². The van der Waals surface area contributed by atoms with Crippen molar-refractivity contribution >= 4 is 15.8 Å². The highest BCUT2D eigenvalue weighted by molar-refractivity contribution is 7.89. The number of ether oxygens (including phenoxy) is 2. The molecule has 0 saturated carbocycles. The molecular weight excluding hydrogens is 378 g/mol. The fourth-order valence-corrected chi connectivity index (χ4v) is 5.79. The lowest BCUT2D eigenvalue weighted by Gasteiger charge is -2.34. The molecule has 0 bridgehead atoms. The number of carbonyl (C=O) groups excluding carboxylic acids is 1. The van der Waals surface area contributed by atoms with Crippen molar-refractivity contribution in [2.24, 2.45) is 0 Å². The van der Waals surface area contributed by atoms with Crippen LogP contribution in [0.2, 0.25) is 0 Å². The van der Waals surface area contributed by atoms with Gasteiger partial charge in [-0.25, -0.2) is 8.42 Å². The molecule has 2 heterocycles. The van der Waals surface area contributed by atoms with Gasteiger partial charge in [0.2, 0.25) is 10.0 Å². The summed E-state index contributed by atoms with van der Waals surface area (Å²) in [6.07, 6.45) is 0.639. The van der Waals surface area contributed by atoms with Crippen LogP contribution in [0, 0.1) is 13.8 Å². The number of hydrogen-bond donors (Lipinski definition) is 0. The van der Waals surface area contributed by atoms with Gasteiger partial charge in [0.25, 0.3) is 0 Å². The van der Waals surface area contributed by atoms with Gasteiger partial charge in [0.05, 0.1) is 30.5 Å². The van der Waals surface area contributed by atoms with Gasteiger partial charge in [-0.05, 0) is 43.7 Å². The first-order valence-electron chi connectivity index (χ1n) is 9.22. The zero-order valence-corrected chi connectivity index (χ0v) is 17.0. The van der Waals surface area contributed by atoms with E-state index in [0.717, 1.165) is 11.1 Å². The number of fused-ring (bicyclic) bond motifs is 1. The van der Waals surface area contributed by atoms with Crippen molar-refractivity contribution in [3.63, 3.8) is 0 Å². The highest BCUT2D eigenvalue weighted by Gasteiger charge is 2.49. The van der Waals surface area contributed by atoms with Crippen LogP contribution in [0.1, 0.15) is 34.3 Å². The fourth-order valence-electron chi connectivity index (χ4n) is 4.07. The molecule has 1 fully saturated rings. The molecule has 28 heavy (non-hydrogen) atoms. The Bertz CT molecular complexity index is 1060. The molecule has 2 aliphatic heterocycles. The monoisotopic (exact) mass is 401 g/mol. The van der Waals surface area contributed by atoms with Crippen molar-refractivity contribution in [3.05, 3.63) is 53.1 Å². The summed E-state index contributed by atoms with van der Waals surface area (Å²) in [4.78, 5) is 13.0. The van der Waals surface area contributed by atoms with Gasteiger partial charge in [0.1, 0.15) is 17.1 Å². The lowest BCUT2D eigenvalue weighted by Crippen LogP contribution is -2.45. The van der Waals surface area contributed by atoms with Crippen LogP contribution in [-0.4, -0.2) is 44.3 Å². The third-order valence-electron chi connectivity index (χ3n) is 5.53. The molecular formula is C21H23NO5S. The van der Waals surface area contributed by atoms with Gasteiger partial charge in [-0.1, -0.05) is 17.7 Å². The Hall–Kier alpha value is -2.38. The number of ketones is 1. The highest BCUT2D eigenvalue weighted by atomic mass is 32.2. The van der Waals surface area contributed by atoms with E-state index in [9.17, 15) is 13.2 Å².